The van der Waals surface area contributed by atoms with Gasteiger partial charge < -0.3 is 37.2 Å². The van der Waals surface area contributed by atoms with Gasteiger partial charge in [-0.1, -0.05) is 0 Å². The van der Waals surface area contributed by atoms with E-state index in [9.17, 15) is 0 Å². The standard InChI is InChI=1S/C18H25Si.3ClH.Ti/c1-13-9-14(2)15(3)17(10-13)11-16-7-8-18(12-16)19(4,5)6;;;;/h7-10,12H,11H2,1-6H3;3*1H;/q;;;;+3/p-3. The van der Waals surface area contributed by atoms with E-state index in [-0.39, 0.29) is 40.9 Å². The maximum Gasteiger partial charge on any atom is -1.00 e. The molecule has 1 aliphatic carbocycles. The van der Waals surface area contributed by atoms with Crippen LogP contribution in [0.4, 0.5) is 0 Å². The Balaban J connectivity index is 0. The van der Waals surface area contributed by atoms with Gasteiger partial charge in [-0.3, -0.25) is 0 Å². The second kappa shape index (κ2) is 9.27. The summed E-state index contributed by atoms with van der Waals surface area (Å²) < 4.78 is 0.195. The number of allylic oxidation sites excluding steroid dienone is 4. The molecule has 0 aromatic heterocycles. The average Bonchev–Trinajstić information content (AvgIpc) is 2.68. The monoisotopic (exact) mass is 422 g/mol. The molecule has 1 aromatic carbocycles. The molecule has 1 aromatic rings. The van der Waals surface area contributed by atoms with Crippen molar-refractivity contribution in [2.45, 2.75) is 50.6 Å². The number of aryl methyl sites for hydroxylation is 2. The summed E-state index contributed by atoms with van der Waals surface area (Å²) in [5, 5.41) is 1.60. The SMILES string of the molecule is Cc1cc(C)c(C)c(C[C]2([Ti+3])C=CC([Si](C)(C)C)=C2)c1.[Cl-].[Cl-].[Cl-]. The van der Waals surface area contributed by atoms with Gasteiger partial charge in [0.05, 0.1) is 0 Å². The molecule has 0 bridgehead atoms. The fraction of sp³-hybridized carbons (Fsp3) is 0.444. The first-order valence-corrected chi connectivity index (χ1v) is 11.6. The largest absolute Gasteiger partial charge is 1.00 e. The molecule has 0 heterocycles. The molecular weight excluding hydrogens is 399 g/mol. The molecule has 1 aliphatic rings. The normalized spacial score (nSPS) is 19.4. The van der Waals surface area contributed by atoms with Crippen molar-refractivity contribution in [3.8, 4) is 0 Å². The van der Waals surface area contributed by atoms with E-state index < -0.39 is 8.07 Å². The van der Waals surface area contributed by atoms with Crippen molar-refractivity contribution in [2.75, 3.05) is 0 Å². The Bertz CT molecular complexity index is 603. The van der Waals surface area contributed by atoms with Crippen molar-refractivity contribution in [3.05, 3.63) is 57.8 Å². The van der Waals surface area contributed by atoms with Crippen molar-refractivity contribution in [2.24, 2.45) is 0 Å². The third-order valence-electron chi connectivity index (χ3n) is 4.24. The maximum absolute atomic E-state index is 2.52. The van der Waals surface area contributed by atoms with Crippen LogP contribution in [0, 0.1) is 20.8 Å². The van der Waals surface area contributed by atoms with Crippen LogP contribution in [0.5, 0.6) is 0 Å². The molecule has 2 rings (SSSR count). The van der Waals surface area contributed by atoms with Crippen molar-refractivity contribution in [3.63, 3.8) is 0 Å². The fourth-order valence-corrected chi connectivity index (χ4v) is 4.98. The minimum atomic E-state index is -1.19. The predicted octanol–water partition coefficient (Wildman–Crippen LogP) is -3.75. The molecule has 0 saturated heterocycles. The molecule has 0 aliphatic heterocycles. The Hall–Kier alpha value is 0.501. The zero-order valence-corrected chi connectivity index (χ0v) is 19.6. The van der Waals surface area contributed by atoms with Crippen LogP contribution >= 0.6 is 0 Å². The summed E-state index contributed by atoms with van der Waals surface area (Å²) >= 11 is 2.37. The van der Waals surface area contributed by atoms with Gasteiger partial charge in [-0.25, -0.2) is 0 Å². The maximum atomic E-state index is 2.52. The Kier molecular flexibility index (Phi) is 10.4. The van der Waals surface area contributed by atoms with Gasteiger partial charge >= 0.3 is 137 Å². The number of halogens is 3. The van der Waals surface area contributed by atoms with E-state index >= 15 is 0 Å². The quantitative estimate of drug-likeness (QED) is 0.438. The molecule has 1 unspecified atom stereocenters. The Morgan fingerprint density at radius 1 is 1.00 bits per heavy atom. The van der Waals surface area contributed by atoms with Crippen LogP contribution in [0.25, 0.3) is 0 Å². The van der Waals surface area contributed by atoms with E-state index in [2.05, 4.69) is 91.2 Å². The van der Waals surface area contributed by atoms with Gasteiger partial charge in [0.1, 0.15) is 0 Å². The first kappa shape index (κ1) is 25.7. The summed E-state index contributed by atoms with van der Waals surface area (Å²) in [4.78, 5) is 0. The molecule has 0 saturated carbocycles. The van der Waals surface area contributed by atoms with Crippen LogP contribution in [-0.4, -0.2) is 8.07 Å². The second-order valence-corrected chi connectivity index (χ2v) is 13.8. The third-order valence-corrected chi connectivity index (χ3v) is 7.05. The van der Waals surface area contributed by atoms with E-state index in [1.807, 2.05) is 0 Å². The van der Waals surface area contributed by atoms with Gasteiger partial charge in [-0.2, -0.15) is 0 Å². The molecule has 0 radical (unpaired) electrons. The van der Waals surface area contributed by atoms with E-state index in [1.54, 1.807) is 5.20 Å². The molecule has 5 heteroatoms. The molecule has 126 valence electrons. The van der Waals surface area contributed by atoms with Gasteiger partial charge in [-0.05, 0) is 0 Å². The van der Waals surface area contributed by atoms with Gasteiger partial charge in [0.2, 0.25) is 0 Å². The molecule has 0 fully saturated rings. The first-order chi connectivity index (χ1) is 9.11. The van der Waals surface area contributed by atoms with Crippen LogP contribution < -0.4 is 37.2 Å². The molecule has 0 N–H and O–H groups in total. The van der Waals surface area contributed by atoms with Crippen molar-refractivity contribution in [1.82, 2.24) is 0 Å². The van der Waals surface area contributed by atoms with Crippen LogP contribution in [0.3, 0.4) is 0 Å². The van der Waals surface area contributed by atoms with Crippen molar-refractivity contribution in [1.29, 1.82) is 0 Å². The summed E-state index contributed by atoms with van der Waals surface area (Å²) in [6.45, 7) is 14.0. The number of benzene rings is 1. The van der Waals surface area contributed by atoms with Crippen LogP contribution in [0.15, 0.2) is 35.6 Å². The number of hydrogen-bond acceptors (Lipinski definition) is 0. The average molecular weight is 424 g/mol. The predicted molar refractivity (Wildman–Crippen MR) is 87.6 cm³/mol. The number of hydrogen-bond donors (Lipinski definition) is 0. The van der Waals surface area contributed by atoms with Crippen LogP contribution in [0.2, 0.25) is 23.4 Å². The van der Waals surface area contributed by atoms with E-state index in [1.165, 1.54) is 22.3 Å². The molecule has 0 spiro atoms. The zero-order chi connectivity index (χ0) is 15.1. The fourth-order valence-electron chi connectivity index (χ4n) is 2.82. The van der Waals surface area contributed by atoms with Gasteiger partial charge in [0.25, 0.3) is 0 Å². The molecule has 1 atom stereocenters. The topological polar surface area (TPSA) is 0 Å². The van der Waals surface area contributed by atoms with Crippen LogP contribution in [0.1, 0.15) is 22.3 Å². The van der Waals surface area contributed by atoms with E-state index in [0.29, 0.717) is 0 Å². The molecule has 0 amide bonds. The van der Waals surface area contributed by atoms with Crippen molar-refractivity contribution < 1.29 is 57.7 Å². The van der Waals surface area contributed by atoms with Gasteiger partial charge in [0, 0.05) is 0 Å². The third kappa shape index (κ3) is 6.38. The number of rotatable bonds is 3. The summed E-state index contributed by atoms with van der Waals surface area (Å²) in [5.74, 6) is 0. The van der Waals surface area contributed by atoms with E-state index in [4.69, 9.17) is 0 Å². The molecule has 23 heavy (non-hydrogen) atoms. The Morgan fingerprint density at radius 3 is 2.04 bits per heavy atom. The summed E-state index contributed by atoms with van der Waals surface area (Å²) in [7, 11) is -1.19. The van der Waals surface area contributed by atoms with Crippen molar-refractivity contribution >= 4 is 8.07 Å². The smallest absolute Gasteiger partial charge is 1.00 e. The Morgan fingerprint density at radius 2 is 1.57 bits per heavy atom. The Labute approximate surface area is 173 Å². The van der Waals surface area contributed by atoms with Gasteiger partial charge in [-0.15, -0.1) is 0 Å². The summed E-state index contributed by atoms with van der Waals surface area (Å²) in [6.07, 6.45) is 8.43. The summed E-state index contributed by atoms with van der Waals surface area (Å²) in [5.41, 5.74) is 5.76. The van der Waals surface area contributed by atoms with Gasteiger partial charge in [0.15, 0.2) is 0 Å². The molecular formula is C18H25Cl3SiTi. The minimum Gasteiger partial charge on any atom is -1.00 e. The molecule has 0 nitrogen and oxygen atoms in total. The zero-order valence-electron chi connectivity index (χ0n) is 14.7. The second-order valence-electron chi connectivity index (χ2n) is 7.27. The minimum absolute atomic E-state index is 0. The first-order valence-electron chi connectivity index (χ1n) is 7.35. The van der Waals surface area contributed by atoms with Crippen LogP contribution in [-0.2, 0) is 26.9 Å². The summed E-state index contributed by atoms with van der Waals surface area (Å²) in [6, 6.07) is 4.65. The van der Waals surface area contributed by atoms with E-state index in [0.717, 1.165) is 6.42 Å².